The van der Waals surface area contributed by atoms with Crippen molar-refractivity contribution in [2.24, 2.45) is 0 Å². The van der Waals surface area contributed by atoms with E-state index in [-0.39, 0.29) is 0 Å². The Morgan fingerprint density at radius 3 is 2.73 bits per heavy atom. The molecule has 1 fully saturated rings. The van der Waals surface area contributed by atoms with E-state index in [2.05, 4.69) is 73.9 Å². The largest absolute Gasteiger partial charge is 0.361 e. The molecule has 1 N–H and O–H groups in total. The SMILES string of the molecule is c1ccc2c(c1)CCC2N(CCCc1c[nH]c2ccc(-n3cnnc3)cc12)N1CCCCC1. The van der Waals surface area contributed by atoms with E-state index < -0.39 is 0 Å². The van der Waals surface area contributed by atoms with Crippen LogP contribution in [0.15, 0.2) is 61.3 Å². The molecule has 0 radical (unpaired) electrons. The molecule has 6 rings (SSSR count). The quantitative estimate of drug-likeness (QED) is 0.436. The molecule has 1 aliphatic carbocycles. The molecule has 0 bridgehead atoms. The van der Waals surface area contributed by atoms with Gasteiger partial charge in [0, 0.05) is 42.4 Å². The number of nitrogens with one attached hydrogen (secondary N) is 1. The highest BCUT2D eigenvalue weighted by atomic mass is 15.6. The molecule has 1 saturated heterocycles. The number of aryl methyl sites for hydroxylation is 2. The lowest BCUT2D eigenvalue weighted by Gasteiger charge is -2.41. The van der Waals surface area contributed by atoms with Gasteiger partial charge >= 0.3 is 0 Å². The topological polar surface area (TPSA) is 53.0 Å². The Morgan fingerprint density at radius 1 is 1.00 bits per heavy atom. The van der Waals surface area contributed by atoms with Crippen molar-refractivity contribution in [3.05, 3.63) is 78.0 Å². The third-order valence-electron chi connectivity index (χ3n) is 7.46. The van der Waals surface area contributed by atoms with Gasteiger partial charge in [0.2, 0.25) is 0 Å². The first kappa shape index (κ1) is 20.6. The molecule has 0 spiro atoms. The van der Waals surface area contributed by atoms with Crippen LogP contribution in [0.1, 0.15) is 54.8 Å². The minimum atomic E-state index is 0.530. The lowest BCUT2D eigenvalue weighted by atomic mass is 10.1. The number of aromatic amines is 1. The molecular formula is C27H32N6. The van der Waals surface area contributed by atoms with E-state index in [9.17, 15) is 0 Å². The van der Waals surface area contributed by atoms with Gasteiger partial charge in [-0.3, -0.25) is 4.57 Å². The lowest BCUT2D eigenvalue weighted by Crippen LogP contribution is -2.47. The first-order valence-electron chi connectivity index (χ1n) is 12.4. The standard InChI is InChI=1S/C27H32N6/c1-4-14-32(15-5-1)33(27-13-10-21-7-2-3-9-24(21)27)16-6-8-22-18-28-26-12-11-23(17-25(22)26)31-19-29-30-20-31/h2-3,7,9,11-12,17-20,27-28H,1,4-6,8,10,13-16H2. The Morgan fingerprint density at radius 2 is 1.85 bits per heavy atom. The average molecular weight is 441 g/mol. The van der Waals surface area contributed by atoms with Crippen LogP contribution in [0.5, 0.6) is 0 Å². The summed E-state index contributed by atoms with van der Waals surface area (Å²) in [6, 6.07) is 16.1. The van der Waals surface area contributed by atoms with Gasteiger partial charge < -0.3 is 4.98 Å². The molecule has 0 amide bonds. The number of H-pyrrole nitrogens is 1. The molecule has 0 saturated carbocycles. The molecule has 2 aromatic heterocycles. The Kier molecular flexibility index (Phi) is 5.70. The molecule has 170 valence electrons. The van der Waals surface area contributed by atoms with E-state index in [1.165, 1.54) is 61.7 Å². The van der Waals surface area contributed by atoms with E-state index in [1.54, 1.807) is 23.8 Å². The van der Waals surface area contributed by atoms with Gasteiger partial charge in [-0.2, -0.15) is 0 Å². The number of piperidine rings is 1. The van der Waals surface area contributed by atoms with E-state index in [1.807, 2.05) is 4.57 Å². The van der Waals surface area contributed by atoms with Crippen molar-refractivity contribution in [2.45, 2.75) is 51.0 Å². The monoisotopic (exact) mass is 440 g/mol. The highest BCUT2D eigenvalue weighted by molar-refractivity contribution is 5.85. The number of aromatic nitrogens is 4. The third-order valence-corrected chi connectivity index (χ3v) is 7.46. The van der Waals surface area contributed by atoms with Gasteiger partial charge in [-0.1, -0.05) is 30.7 Å². The maximum atomic E-state index is 3.95. The van der Waals surface area contributed by atoms with Gasteiger partial charge in [-0.15, -0.1) is 10.2 Å². The van der Waals surface area contributed by atoms with Crippen LogP contribution in [0.3, 0.4) is 0 Å². The van der Waals surface area contributed by atoms with Crippen LogP contribution < -0.4 is 0 Å². The molecule has 33 heavy (non-hydrogen) atoms. The summed E-state index contributed by atoms with van der Waals surface area (Å²) in [6.45, 7) is 3.51. The zero-order valence-electron chi connectivity index (χ0n) is 19.2. The molecular weight excluding hydrogens is 408 g/mol. The van der Waals surface area contributed by atoms with Crippen LogP contribution in [-0.2, 0) is 12.8 Å². The number of hydrazine groups is 1. The Balaban J connectivity index is 1.20. The van der Waals surface area contributed by atoms with Crippen molar-refractivity contribution >= 4 is 10.9 Å². The predicted molar refractivity (Wildman–Crippen MR) is 131 cm³/mol. The number of hydrogen-bond acceptors (Lipinski definition) is 4. The maximum absolute atomic E-state index is 3.95. The Hall–Kier alpha value is -2.96. The van der Waals surface area contributed by atoms with Gasteiger partial charge in [0.25, 0.3) is 0 Å². The van der Waals surface area contributed by atoms with Crippen LogP contribution in [0.2, 0.25) is 0 Å². The number of rotatable bonds is 7. The van der Waals surface area contributed by atoms with Crippen molar-refractivity contribution in [3.8, 4) is 5.69 Å². The van der Waals surface area contributed by atoms with E-state index in [0.29, 0.717) is 6.04 Å². The number of hydrogen-bond donors (Lipinski definition) is 1. The van der Waals surface area contributed by atoms with Crippen molar-refractivity contribution in [1.29, 1.82) is 0 Å². The van der Waals surface area contributed by atoms with Crippen LogP contribution in [0.25, 0.3) is 16.6 Å². The van der Waals surface area contributed by atoms with Gasteiger partial charge in [0.15, 0.2) is 0 Å². The summed E-state index contributed by atoms with van der Waals surface area (Å²) in [7, 11) is 0. The minimum absolute atomic E-state index is 0.530. The van der Waals surface area contributed by atoms with Gasteiger partial charge in [0.05, 0.1) is 6.04 Å². The molecule has 4 aromatic rings. The molecule has 6 heteroatoms. The molecule has 2 aliphatic rings. The zero-order chi connectivity index (χ0) is 22.0. The summed E-state index contributed by atoms with van der Waals surface area (Å²) in [6.07, 6.45) is 14.4. The molecule has 1 atom stereocenters. The second kappa shape index (κ2) is 9.12. The van der Waals surface area contributed by atoms with E-state index in [4.69, 9.17) is 0 Å². The Bertz CT molecular complexity index is 1200. The first-order chi connectivity index (χ1) is 16.4. The molecule has 6 nitrogen and oxygen atoms in total. The second-order valence-corrected chi connectivity index (χ2v) is 9.45. The number of benzene rings is 2. The van der Waals surface area contributed by atoms with Gasteiger partial charge in [-0.05, 0) is 73.4 Å². The maximum Gasteiger partial charge on any atom is 0.123 e. The highest BCUT2D eigenvalue weighted by Crippen LogP contribution is 2.37. The van der Waals surface area contributed by atoms with Crippen LogP contribution in [0, 0.1) is 0 Å². The van der Waals surface area contributed by atoms with Gasteiger partial charge in [-0.25, -0.2) is 10.0 Å². The first-order valence-corrected chi connectivity index (χ1v) is 12.4. The highest BCUT2D eigenvalue weighted by Gasteiger charge is 2.31. The predicted octanol–water partition coefficient (Wildman–Crippen LogP) is 5.07. The third kappa shape index (κ3) is 4.09. The van der Waals surface area contributed by atoms with Crippen LogP contribution in [-0.4, -0.2) is 49.4 Å². The molecule has 2 aromatic carbocycles. The number of fused-ring (bicyclic) bond motifs is 2. The van der Waals surface area contributed by atoms with E-state index in [0.717, 1.165) is 25.1 Å². The fourth-order valence-corrected chi connectivity index (χ4v) is 5.77. The Labute approximate surface area is 195 Å². The summed E-state index contributed by atoms with van der Waals surface area (Å²) in [5.41, 5.74) is 6.78. The van der Waals surface area contributed by atoms with Crippen molar-refractivity contribution in [3.63, 3.8) is 0 Å². The summed E-state index contributed by atoms with van der Waals surface area (Å²) < 4.78 is 1.96. The molecule has 1 aliphatic heterocycles. The smallest absolute Gasteiger partial charge is 0.123 e. The van der Waals surface area contributed by atoms with Crippen LogP contribution in [0.4, 0.5) is 0 Å². The van der Waals surface area contributed by atoms with Crippen molar-refractivity contribution in [1.82, 2.24) is 29.8 Å². The second-order valence-electron chi connectivity index (χ2n) is 9.45. The normalized spacial score (nSPS) is 18.9. The zero-order valence-corrected chi connectivity index (χ0v) is 19.2. The summed E-state index contributed by atoms with van der Waals surface area (Å²) in [4.78, 5) is 3.47. The average Bonchev–Trinajstić information content (AvgIpc) is 3.62. The summed E-state index contributed by atoms with van der Waals surface area (Å²) in [5.74, 6) is 0. The number of nitrogens with zero attached hydrogens (tertiary/aromatic N) is 5. The molecule has 3 heterocycles. The molecule has 1 unspecified atom stereocenters. The summed E-state index contributed by atoms with van der Waals surface area (Å²) >= 11 is 0. The van der Waals surface area contributed by atoms with Crippen molar-refractivity contribution < 1.29 is 0 Å². The van der Waals surface area contributed by atoms with Crippen molar-refractivity contribution in [2.75, 3.05) is 19.6 Å². The minimum Gasteiger partial charge on any atom is -0.361 e. The van der Waals surface area contributed by atoms with Gasteiger partial charge in [0.1, 0.15) is 12.7 Å². The van der Waals surface area contributed by atoms with E-state index >= 15 is 0 Å². The fourth-order valence-electron chi connectivity index (χ4n) is 5.77. The fraction of sp³-hybridized carbons (Fsp3) is 0.407. The lowest BCUT2D eigenvalue weighted by molar-refractivity contribution is -0.0746. The summed E-state index contributed by atoms with van der Waals surface area (Å²) in [5, 5.41) is 14.6. The van der Waals surface area contributed by atoms with Crippen LogP contribution >= 0.6 is 0 Å².